The maximum absolute atomic E-state index is 6.33. The van der Waals surface area contributed by atoms with Gasteiger partial charge in [0.2, 0.25) is 0 Å². The van der Waals surface area contributed by atoms with E-state index in [2.05, 4.69) is 131 Å². The molecule has 5 rings (SSSR count). The number of unbranched alkanes of at least 4 members (excludes halogenated alkanes) is 30. The van der Waals surface area contributed by atoms with E-state index in [1.807, 2.05) is 0 Å². The van der Waals surface area contributed by atoms with Crippen molar-refractivity contribution in [2.75, 3.05) is 13.2 Å². The molecule has 1 aliphatic rings. The third kappa shape index (κ3) is 23.3. The van der Waals surface area contributed by atoms with Crippen LogP contribution in [0.25, 0.3) is 11.1 Å². The van der Waals surface area contributed by atoms with Gasteiger partial charge in [-0.25, -0.2) is 0 Å². The van der Waals surface area contributed by atoms with E-state index < -0.39 is 0 Å². The fourth-order valence-corrected chi connectivity index (χ4v) is 12.2. The van der Waals surface area contributed by atoms with Crippen LogP contribution >= 0.6 is 31.9 Å². The molecule has 394 valence electrons. The Morgan fingerprint density at radius 3 is 1.03 bits per heavy atom. The summed E-state index contributed by atoms with van der Waals surface area (Å²) in [7, 11) is 0. The molecular weight excluding hydrogens is 997 g/mol. The molecule has 0 atom stereocenters. The fraction of sp³-hybridized carbons (Fsp3) is 0.642. The van der Waals surface area contributed by atoms with Crippen LogP contribution in [0.4, 0.5) is 0 Å². The third-order valence-corrected chi connectivity index (χ3v) is 16.7. The molecule has 0 fully saturated rings. The number of fused-ring (bicyclic) bond motifs is 3. The highest BCUT2D eigenvalue weighted by molar-refractivity contribution is 9.10. The smallest absolute Gasteiger partial charge is 0.119 e. The highest BCUT2D eigenvalue weighted by Gasteiger charge is 2.42. The van der Waals surface area contributed by atoms with Crippen molar-refractivity contribution in [3.05, 3.63) is 116 Å². The SMILES string of the molecule is CCCCCCCCCCCCCCCc1cccc(OCCCCCCC2(CCCCCCOc3cccc(CCCCCCCCCCCCCCC)c3)c3cc(Br)ccc3-c3ccc(Br)cc32)c1. The second-order valence-electron chi connectivity index (χ2n) is 21.8. The summed E-state index contributed by atoms with van der Waals surface area (Å²) in [5.41, 5.74) is 8.77. The molecule has 0 aromatic heterocycles. The van der Waals surface area contributed by atoms with Gasteiger partial charge in [-0.1, -0.05) is 275 Å². The van der Waals surface area contributed by atoms with Gasteiger partial charge in [0.25, 0.3) is 0 Å². The van der Waals surface area contributed by atoms with Gasteiger partial charge in [-0.05, 0) is 133 Å². The molecule has 1 aliphatic carbocycles. The Hall–Kier alpha value is -2.56. The van der Waals surface area contributed by atoms with Crippen LogP contribution in [-0.2, 0) is 18.3 Å². The molecule has 0 bridgehead atoms. The molecule has 0 unspecified atom stereocenters. The second-order valence-corrected chi connectivity index (χ2v) is 23.6. The van der Waals surface area contributed by atoms with Crippen molar-refractivity contribution in [3.8, 4) is 22.6 Å². The van der Waals surface area contributed by atoms with Crippen molar-refractivity contribution in [2.45, 2.75) is 263 Å². The molecule has 0 spiro atoms. The zero-order valence-electron chi connectivity index (χ0n) is 45.4. The molecule has 0 N–H and O–H groups in total. The van der Waals surface area contributed by atoms with Crippen LogP contribution in [0.5, 0.6) is 11.5 Å². The summed E-state index contributed by atoms with van der Waals surface area (Å²) in [6, 6.07) is 31.9. The zero-order valence-corrected chi connectivity index (χ0v) is 48.6. The Labute approximate surface area is 453 Å². The largest absolute Gasteiger partial charge is 0.494 e. The second kappa shape index (κ2) is 37.2. The van der Waals surface area contributed by atoms with E-state index in [9.17, 15) is 0 Å². The molecule has 4 heteroatoms. The first-order valence-corrected chi connectivity index (χ1v) is 31.6. The minimum Gasteiger partial charge on any atom is -0.494 e. The molecule has 0 aliphatic heterocycles. The van der Waals surface area contributed by atoms with Gasteiger partial charge in [0, 0.05) is 14.4 Å². The molecule has 0 heterocycles. The summed E-state index contributed by atoms with van der Waals surface area (Å²) in [5, 5.41) is 0. The Balaban J connectivity index is 0.968. The average Bonchev–Trinajstić information content (AvgIpc) is 3.63. The van der Waals surface area contributed by atoms with Crippen molar-refractivity contribution < 1.29 is 9.47 Å². The van der Waals surface area contributed by atoms with Gasteiger partial charge >= 0.3 is 0 Å². The van der Waals surface area contributed by atoms with Gasteiger partial charge in [-0.15, -0.1) is 0 Å². The van der Waals surface area contributed by atoms with Crippen LogP contribution in [0.1, 0.15) is 267 Å². The number of aryl methyl sites for hydroxylation is 2. The zero-order chi connectivity index (χ0) is 49.9. The van der Waals surface area contributed by atoms with E-state index in [1.165, 1.54) is 273 Å². The highest BCUT2D eigenvalue weighted by atomic mass is 79.9. The summed E-state index contributed by atoms with van der Waals surface area (Å²) in [4.78, 5) is 0. The minimum absolute atomic E-state index is 0.0343. The third-order valence-electron chi connectivity index (χ3n) is 15.8. The first-order chi connectivity index (χ1) is 35.0. The van der Waals surface area contributed by atoms with Crippen molar-refractivity contribution >= 4 is 31.9 Å². The predicted molar refractivity (Wildman–Crippen MR) is 317 cm³/mol. The molecule has 2 nitrogen and oxygen atoms in total. The summed E-state index contributed by atoms with van der Waals surface area (Å²) >= 11 is 7.76. The Morgan fingerprint density at radius 1 is 0.338 bits per heavy atom. The van der Waals surface area contributed by atoms with Crippen LogP contribution in [0.2, 0.25) is 0 Å². The van der Waals surface area contributed by atoms with Gasteiger partial charge in [-0.3, -0.25) is 0 Å². The molecule has 0 saturated heterocycles. The van der Waals surface area contributed by atoms with E-state index in [-0.39, 0.29) is 5.41 Å². The fourth-order valence-electron chi connectivity index (χ4n) is 11.5. The van der Waals surface area contributed by atoms with Crippen molar-refractivity contribution in [1.82, 2.24) is 0 Å². The Bertz CT molecular complexity index is 1830. The molecule has 0 saturated carbocycles. The van der Waals surface area contributed by atoms with E-state index in [0.717, 1.165) is 37.6 Å². The van der Waals surface area contributed by atoms with Gasteiger partial charge in [0.15, 0.2) is 0 Å². The summed E-state index contributed by atoms with van der Waals surface area (Å²) in [6.07, 6.45) is 50.7. The lowest BCUT2D eigenvalue weighted by Gasteiger charge is -2.33. The lowest BCUT2D eigenvalue weighted by Crippen LogP contribution is -2.25. The van der Waals surface area contributed by atoms with Crippen LogP contribution in [0.3, 0.4) is 0 Å². The van der Waals surface area contributed by atoms with Crippen molar-refractivity contribution in [3.63, 3.8) is 0 Å². The molecule has 71 heavy (non-hydrogen) atoms. The summed E-state index contributed by atoms with van der Waals surface area (Å²) in [5.74, 6) is 2.09. The Morgan fingerprint density at radius 2 is 0.662 bits per heavy atom. The minimum atomic E-state index is 0.0343. The van der Waals surface area contributed by atoms with Crippen LogP contribution in [0.15, 0.2) is 93.9 Å². The lowest BCUT2D eigenvalue weighted by molar-refractivity contribution is 0.300. The molecule has 0 amide bonds. The maximum Gasteiger partial charge on any atom is 0.119 e. The number of hydrogen-bond acceptors (Lipinski definition) is 2. The normalized spacial score (nSPS) is 12.6. The number of ether oxygens (including phenoxy) is 2. The maximum atomic E-state index is 6.33. The molecule has 4 aromatic rings. The Kier molecular flexibility index (Phi) is 31.1. The van der Waals surface area contributed by atoms with Crippen LogP contribution in [0, 0.1) is 0 Å². The van der Waals surface area contributed by atoms with E-state index in [1.54, 1.807) is 0 Å². The van der Waals surface area contributed by atoms with Gasteiger partial charge < -0.3 is 9.47 Å². The van der Waals surface area contributed by atoms with Gasteiger partial charge in [0.05, 0.1) is 13.2 Å². The average molecular weight is 1100 g/mol. The molecular formula is C67H100Br2O2. The highest BCUT2D eigenvalue weighted by Crippen LogP contribution is 2.55. The number of hydrogen-bond donors (Lipinski definition) is 0. The van der Waals surface area contributed by atoms with Gasteiger partial charge in [-0.2, -0.15) is 0 Å². The summed E-state index contributed by atoms with van der Waals surface area (Å²) < 4.78 is 15.0. The quantitative estimate of drug-likeness (QED) is 0.0411. The molecule has 4 aromatic carbocycles. The standard InChI is InChI=1S/C67H100Br2O2/c1-3-5-7-9-11-13-15-17-19-21-23-25-31-39-57-41-37-43-61(53-57)70-51-35-29-27-33-49-67(65-55-59(68)45-47-63(65)64-48-46-60(69)56-66(64)67)50-34-28-30-36-52-71-62-44-38-42-58(54-62)40-32-26-24-22-20-18-16-14-12-10-8-6-4-2/h37-38,41-48,53-56H,3-36,39-40,49-52H2,1-2H3. The lowest BCUT2D eigenvalue weighted by atomic mass is 9.70. The van der Waals surface area contributed by atoms with E-state index in [0.29, 0.717) is 0 Å². The van der Waals surface area contributed by atoms with E-state index >= 15 is 0 Å². The number of halogens is 2. The first-order valence-electron chi connectivity index (χ1n) is 30.1. The van der Waals surface area contributed by atoms with Crippen molar-refractivity contribution in [2.24, 2.45) is 0 Å². The predicted octanol–water partition coefficient (Wildman–Crippen LogP) is 22.8. The number of rotatable bonds is 44. The molecule has 0 radical (unpaired) electrons. The monoisotopic (exact) mass is 1090 g/mol. The topological polar surface area (TPSA) is 18.5 Å². The first kappa shape index (κ1) is 59.3. The van der Waals surface area contributed by atoms with Crippen LogP contribution < -0.4 is 9.47 Å². The van der Waals surface area contributed by atoms with E-state index in [4.69, 9.17) is 9.47 Å². The number of benzene rings is 4. The van der Waals surface area contributed by atoms with Gasteiger partial charge in [0.1, 0.15) is 11.5 Å². The van der Waals surface area contributed by atoms with Crippen molar-refractivity contribution in [1.29, 1.82) is 0 Å². The van der Waals surface area contributed by atoms with Crippen LogP contribution in [-0.4, -0.2) is 13.2 Å². The summed E-state index contributed by atoms with van der Waals surface area (Å²) in [6.45, 7) is 6.20.